The molecule has 2 heteroatoms. The van der Waals surface area contributed by atoms with Crippen LogP contribution in [0.2, 0.25) is 19.6 Å². The van der Waals surface area contributed by atoms with Crippen molar-refractivity contribution >= 4 is 110 Å². The fourth-order valence-corrected chi connectivity index (χ4v) is 13.3. The fourth-order valence-electron chi connectivity index (χ4n) is 12.2. The van der Waals surface area contributed by atoms with E-state index >= 15 is 0 Å². The normalized spacial score (nSPS) is 12.6. The van der Waals surface area contributed by atoms with E-state index in [-0.39, 0.29) is 0 Å². The molecule has 0 fully saturated rings. The maximum atomic E-state index is 2.50. The third-order valence-electron chi connectivity index (χ3n) is 15.6. The van der Waals surface area contributed by atoms with Gasteiger partial charge in [-0.3, -0.25) is 0 Å². The Labute approximate surface area is 401 Å². The predicted octanol–water partition coefficient (Wildman–Crippen LogP) is 18.4. The first-order valence-electron chi connectivity index (χ1n) is 24.3. The lowest BCUT2D eigenvalue weighted by molar-refractivity contribution is 1.18. The molecule has 0 unspecified atom stereocenters. The average Bonchev–Trinajstić information content (AvgIpc) is 3.73. The van der Waals surface area contributed by atoms with E-state index in [0.717, 1.165) is 0 Å². The Morgan fingerprint density at radius 3 is 1.00 bits per heavy atom. The quantitative estimate of drug-likeness (QED) is 0.116. The second kappa shape index (κ2) is 14.1. The molecule has 0 aliphatic rings. The highest BCUT2D eigenvalue weighted by atomic mass is 28.3. The van der Waals surface area contributed by atoms with Gasteiger partial charge in [0, 0.05) is 16.5 Å². The molecule has 0 aliphatic carbocycles. The van der Waals surface area contributed by atoms with Crippen LogP contribution in [0.5, 0.6) is 0 Å². The first-order chi connectivity index (χ1) is 33.8. The van der Waals surface area contributed by atoms with Gasteiger partial charge in [-0.1, -0.05) is 195 Å². The second-order valence-corrected chi connectivity index (χ2v) is 25.6. The van der Waals surface area contributed by atoms with Crippen LogP contribution in [0.15, 0.2) is 218 Å². The van der Waals surface area contributed by atoms with Crippen molar-refractivity contribution in [3.05, 3.63) is 218 Å². The van der Waals surface area contributed by atoms with Gasteiger partial charge >= 0.3 is 0 Å². The number of nitrogens with zero attached hydrogens (tertiary/aromatic N) is 1. The maximum Gasteiger partial charge on any atom is 0.0775 e. The zero-order valence-electron chi connectivity index (χ0n) is 38.7. The van der Waals surface area contributed by atoms with Crippen molar-refractivity contribution in [1.29, 1.82) is 0 Å². The van der Waals surface area contributed by atoms with Crippen molar-refractivity contribution < 1.29 is 0 Å². The minimum absolute atomic E-state index is 1.20. The zero-order chi connectivity index (χ0) is 45.7. The molecule has 0 aliphatic heterocycles. The van der Waals surface area contributed by atoms with Gasteiger partial charge in [0.1, 0.15) is 0 Å². The standard InChI is InChI=1S/C67H45NSi/c1-69(2,3)55-28-26-54(27-29-55)68-60-34-32-56(42-14-10-40(11-15-42)52-36-48-22-18-44-6-4-7-45-19-23-49(37-52)64(48)62(44)45)58-30-31-59-57(33-35-61(68)67(59)66(58)60)43-16-12-41(13-17-43)53-38-50-24-20-46-8-5-9-47-21-25-51(39-53)65(50)63(46)47/h4-39H,1-3H3. The van der Waals surface area contributed by atoms with E-state index in [1.807, 2.05) is 0 Å². The van der Waals surface area contributed by atoms with Crippen molar-refractivity contribution in [2.75, 3.05) is 0 Å². The molecule has 1 heterocycles. The lowest BCUT2D eigenvalue weighted by Gasteiger charge is -2.17. The lowest BCUT2D eigenvalue weighted by Crippen LogP contribution is -2.37. The van der Waals surface area contributed by atoms with Crippen LogP contribution in [0, 0.1) is 0 Å². The van der Waals surface area contributed by atoms with Gasteiger partial charge in [0.25, 0.3) is 0 Å². The highest BCUT2D eigenvalue weighted by Gasteiger charge is 2.23. The first-order valence-corrected chi connectivity index (χ1v) is 27.8. The second-order valence-electron chi connectivity index (χ2n) is 20.5. The maximum absolute atomic E-state index is 2.50. The topological polar surface area (TPSA) is 4.93 Å². The largest absolute Gasteiger partial charge is 0.309 e. The predicted molar refractivity (Wildman–Crippen MR) is 302 cm³/mol. The van der Waals surface area contributed by atoms with Crippen molar-refractivity contribution in [1.82, 2.24) is 4.57 Å². The molecule has 0 amide bonds. The molecule has 15 rings (SSSR count). The molecule has 14 aromatic carbocycles. The number of benzene rings is 14. The van der Waals surface area contributed by atoms with Crippen LogP contribution >= 0.6 is 0 Å². The molecule has 0 saturated heterocycles. The van der Waals surface area contributed by atoms with Crippen LogP contribution in [0.4, 0.5) is 0 Å². The van der Waals surface area contributed by atoms with Crippen molar-refractivity contribution in [3.8, 4) is 50.2 Å². The molecule has 15 aromatic rings. The minimum atomic E-state index is -1.47. The summed E-state index contributed by atoms with van der Waals surface area (Å²) in [7, 11) is -1.47. The van der Waals surface area contributed by atoms with Gasteiger partial charge in [-0.25, -0.2) is 0 Å². The Balaban J connectivity index is 0.853. The van der Waals surface area contributed by atoms with E-state index in [0.29, 0.717) is 0 Å². The molecular formula is C67H45NSi. The SMILES string of the molecule is C[Si](C)(C)c1ccc(-n2c3ccc(-c4ccc(-c5cc6ccc7cccc8ccc(c5)c6c78)cc4)c4ccc5c(-c6ccc(-c7cc8ccc9cccc%10ccc(c7)c8c9%10)cc6)ccc2c5c43)cc1. The van der Waals surface area contributed by atoms with Gasteiger partial charge in [0.2, 0.25) is 0 Å². The van der Waals surface area contributed by atoms with Gasteiger partial charge in [0.15, 0.2) is 0 Å². The summed E-state index contributed by atoms with van der Waals surface area (Å²) in [5.74, 6) is 0. The van der Waals surface area contributed by atoms with Crippen LogP contribution < -0.4 is 5.19 Å². The molecule has 0 spiro atoms. The summed E-state index contributed by atoms with van der Waals surface area (Å²) in [4.78, 5) is 0. The Morgan fingerprint density at radius 1 is 0.275 bits per heavy atom. The zero-order valence-corrected chi connectivity index (χ0v) is 39.7. The molecule has 0 radical (unpaired) electrons. The van der Waals surface area contributed by atoms with Gasteiger partial charge in [0.05, 0.1) is 19.1 Å². The number of rotatable bonds is 6. The van der Waals surface area contributed by atoms with Crippen LogP contribution in [0.1, 0.15) is 0 Å². The first kappa shape index (κ1) is 38.8. The summed E-state index contributed by atoms with van der Waals surface area (Å²) in [6.45, 7) is 7.27. The third kappa shape index (κ3) is 5.70. The van der Waals surface area contributed by atoms with E-state index < -0.39 is 8.07 Å². The summed E-state index contributed by atoms with van der Waals surface area (Å²) in [5, 5.41) is 22.5. The van der Waals surface area contributed by atoms with E-state index in [2.05, 4.69) is 243 Å². The van der Waals surface area contributed by atoms with Gasteiger partial charge in [-0.05, 0) is 168 Å². The van der Waals surface area contributed by atoms with E-state index in [9.17, 15) is 0 Å². The van der Waals surface area contributed by atoms with E-state index in [4.69, 9.17) is 0 Å². The highest BCUT2D eigenvalue weighted by molar-refractivity contribution is 6.88. The minimum Gasteiger partial charge on any atom is -0.309 e. The lowest BCUT2D eigenvalue weighted by atomic mass is 9.89. The molecular weight excluding hydrogens is 847 g/mol. The van der Waals surface area contributed by atoms with Gasteiger partial charge in [-0.15, -0.1) is 0 Å². The molecule has 0 bridgehead atoms. The Kier molecular flexibility index (Phi) is 7.93. The van der Waals surface area contributed by atoms with Gasteiger partial charge < -0.3 is 4.57 Å². The summed E-state index contributed by atoms with van der Waals surface area (Å²) < 4.78 is 2.50. The van der Waals surface area contributed by atoms with E-state index in [1.54, 1.807) is 0 Å². The molecule has 0 N–H and O–H groups in total. The van der Waals surface area contributed by atoms with Crippen molar-refractivity contribution in [2.45, 2.75) is 19.6 Å². The van der Waals surface area contributed by atoms with Crippen LogP contribution in [0.3, 0.4) is 0 Å². The average molecular weight is 892 g/mol. The van der Waals surface area contributed by atoms with Crippen molar-refractivity contribution in [2.24, 2.45) is 0 Å². The summed E-state index contributed by atoms with van der Waals surface area (Å²) in [6, 6.07) is 83.0. The van der Waals surface area contributed by atoms with Crippen LogP contribution in [0.25, 0.3) is 147 Å². The molecule has 0 atom stereocenters. The fraction of sp³-hybridized carbons (Fsp3) is 0.0448. The molecule has 322 valence electrons. The van der Waals surface area contributed by atoms with Gasteiger partial charge in [-0.2, -0.15) is 0 Å². The third-order valence-corrected chi connectivity index (χ3v) is 17.6. The highest BCUT2D eigenvalue weighted by Crippen LogP contribution is 2.46. The summed E-state index contributed by atoms with van der Waals surface area (Å²) in [6.07, 6.45) is 0. The number of hydrogen-bond donors (Lipinski definition) is 0. The summed E-state index contributed by atoms with van der Waals surface area (Å²) >= 11 is 0. The smallest absolute Gasteiger partial charge is 0.0775 e. The van der Waals surface area contributed by atoms with Crippen LogP contribution in [-0.4, -0.2) is 12.6 Å². The Bertz CT molecular complexity index is 4140. The van der Waals surface area contributed by atoms with E-state index in [1.165, 1.54) is 153 Å². The molecule has 0 saturated carbocycles. The summed E-state index contributed by atoms with van der Waals surface area (Å²) in [5.41, 5.74) is 13.6. The number of aromatic nitrogens is 1. The van der Waals surface area contributed by atoms with Crippen molar-refractivity contribution in [3.63, 3.8) is 0 Å². The Hall–Kier alpha value is -8.30. The Morgan fingerprint density at radius 2 is 0.623 bits per heavy atom. The van der Waals surface area contributed by atoms with Crippen LogP contribution in [-0.2, 0) is 0 Å². The monoisotopic (exact) mass is 891 g/mol. The molecule has 1 nitrogen and oxygen atoms in total. The molecule has 69 heavy (non-hydrogen) atoms. The number of hydrogen-bond acceptors (Lipinski definition) is 0. The molecule has 1 aromatic heterocycles.